The third-order valence-corrected chi connectivity index (χ3v) is 6.84. The minimum atomic E-state index is 0.204. The van der Waals surface area contributed by atoms with E-state index in [-0.39, 0.29) is 5.91 Å². The quantitative estimate of drug-likeness (QED) is 0.576. The van der Waals surface area contributed by atoms with Gasteiger partial charge in [-0.1, -0.05) is 18.1 Å². The molecule has 0 aliphatic carbocycles. The molecule has 4 heterocycles. The highest BCUT2D eigenvalue weighted by molar-refractivity contribution is 7.99. The molecule has 0 N–H and O–H groups in total. The van der Waals surface area contributed by atoms with Gasteiger partial charge in [0.2, 0.25) is 5.91 Å². The highest BCUT2D eigenvalue weighted by atomic mass is 32.2. The summed E-state index contributed by atoms with van der Waals surface area (Å²) in [4.78, 5) is 20.2. The highest BCUT2D eigenvalue weighted by Gasteiger charge is 2.25. The Kier molecular flexibility index (Phi) is 6.17. The molecule has 4 rings (SSSR count). The summed E-state index contributed by atoms with van der Waals surface area (Å²) in [7, 11) is 0. The van der Waals surface area contributed by atoms with Crippen LogP contribution in [0.1, 0.15) is 37.3 Å². The molecule has 3 aromatic rings. The summed E-state index contributed by atoms with van der Waals surface area (Å²) < 4.78 is 7.65. The maximum absolute atomic E-state index is 12.7. The van der Waals surface area contributed by atoms with Gasteiger partial charge in [-0.15, -0.1) is 23.1 Å². The van der Waals surface area contributed by atoms with Crippen LogP contribution in [0, 0.1) is 0 Å². The molecule has 0 radical (unpaired) electrons. The number of imidazole rings is 1. The lowest BCUT2D eigenvalue weighted by Crippen LogP contribution is -2.41. The van der Waals surface area contributed by atoms with Crippen LogP contribution in [0.5, 0.6) is 0 Å². The number of hydrogen-bond donors (Lipinski definition) is 0. The molecular weight excluding hydrogens is 392 g/mol. The number of aryl methyl sites for hydroxylation is 1. The van der Waals surface area contributed by atoms with E-state index in [1.54, 1.807) is 23.1 Å². The zero-order valence-corrected chi connectivity index (χ0v) is 17.5. The van der Waals surface area contributed by atoms with Gasteiger partial charge >= 0.3 is 0 Å². The Hall–Kier alpha value is -2.06. The molecule has 0 spiro atoms. The molecule has 148 valence electrons. The van der Waals surface area contributed by atoms with Gasteiger partial charge in [0.25, 0.3) is 0 Å². The molecule has 8 heteroatoms. The first kappa shape index (κ1) is 19.3. The van der Waals surface area contributed by atoms with Gasteiger partial charge in [0.15, 0.2) is 5.76 Å². The fourth-order valence-corrected chi connectivity index (χ4v) is 5.09. The third-order valence-electron chi connectivity index (χ3n) is 5.01. The van der Waals surface area contributed by atoms with E-state index in [4.69, 9.17) is 4.52 Å². The van der Waals surface area contributed by atoms with Gasteiger partial charge < -0.3 is 14.0 Å². The molecule has 0 saturated carbocycles. The number of thioether (sulfide) groups is 1. The summed E-state index contributed by atoms with van der Waals surface area (Å²) in [5, 5.41) is 6.14. The Balaban J connectivity index is 1.28. The van der Waals surface area contributed by atoms with Gasteiger partial charge in [-0.05, 0) is 24.3 Å². The number of thiophene rings is 1. The minimum Gasteiger partial charge on any atom is -0.355 e. The SMILES string of the molecule is CCc1nccn1C1CCCN(C(=O)CSCc2cc(-c3cccs3)on2)C1. The molecule has 1 aliphatic rings. The zero-order chi connectivity index (χ0) is 19.3. The predicted octanol–water partition coefficient (Wildman–Crippen LogP) is 4.26. The van der Waals surface area contributed by atoms with Crippen LogP contribution in [0.3, 0.4) is 0 Å². The van der Waals surface area contributed by atoms with E-state index in [2.05, 4.69) is 21.6 Å². The van der Waals surface area contributed by atoms with E-state index < -0.39 is 0 Å². The molecule has 6 nitrogen and oxygen atoms in total. The number of rotatable bonds is 7. The molecule has 1 amide bonds. The number of hydrogen-bond acceptors (Lipinski definition) is 6. The van der Waals surface area contributed by atoms with Crippen LogP contribution >= 0.6 is 23.1 Å². The summed E-state index contributed by atoms with van der Waals surface area (Å²) in [6.45, 7) is 3.74. The Morgan fingerprint density at radius 3 is 3.21 bits per heavy atom. The number of piperidine rings is 1. The van der Waals surface area contributed by atoms with E-state index in [0.29, 0.717) is 17.5 Å². The maximum Gasteiger partial charge on any atom is 0.232 e. The van der Waals surface area contributed by atoms with Crippen LogP contribution in [0.25, 0.3) is 10.6 Å². The number of carbonyl (C=O) groups excluding carboxylic acids is 1. The lowest BCUT2D eigenvalue weighted by atomic mass is 10.1. The lowest BCUT2D eigenvalue weighted by Gasteiger charge is -2.34. The van der Waals surface area contributed by atoms with Crippen molar-refractivity contribution in [3.63, 3.8) is 0 Å². The van der Waals surface area contributed by atoms with Crippen molar-refractivity contribution in [2.75, 3.05) is 18.8 Å². The molecule has 1 saturated heterocycles. The first-order valence-electron chi connectivity index (χ1n) is 9.61. The molecule has 28 heavy (non-hydrogen) atoms. The standard InChI is InChI=1S/C20H24N4O2S2/c1-2-19-21-7-9-24(19)16-5-3-8-23(12-16)20(25)14-27-13-15-11-17(26-22-15)18-6-4-10-28-18/h4,6-7,9-11,16H,2-3,5,8,12-14H2,1H3. The highest BCUT2D eigenvalue weighted by Crippen LogP contribution is 2.27. The maximum atomic E-state index is 12.7. The molecule has 3 aromatic heterocycles. The van der Waals surface area contributed by atoms with Gasteiger partial charge in [-0.3, -0.25) is 4.79 Å². The van der Waals surface area contributed by atoms with Crippen LogP contribution in [-0.4, -0.2) is 44.4 Å². The fraction of sp³-hybridized carbons (Fsp3) is 0.450. The first-order chi connectivity index (χ1) is 13.7. The van der Waals surface area contributed by atoms with Crippen molar-refractivity contribution in [1.29, 1.82) is 0 Å². The largest absolute Gasteiger partial charge is 0.355 e. The summed E-state index contributed by atoms with van der Waals surface area (Å²) in [5.74, 6) is 3.25. The summed E-state index contributed by atoms with van der Waals surface area (Å²) in [5.41, 5.74) is 0.878. The van der Waals surface area contributed by atoms with Crippen molar-refractivity contribution in [1.82, 2.24) is 19.6 Å². The normalized spacial score (nSPS) is 17.2. The second-order valence-electron chi connectivity index (χ2n) is 6.89. The Morgan fingerprint density at radius 1 is 1.46 bits per heavy atom. The second-order valence-corrected chi connectivity index (χ2v) is 8.83. The topological polar surface area (TPSA) is 64.2 Å². The number of amides is 1. The molecule has 1 fully saturated rings. The van der Waals surface area contributed by atoms with Gasteiger partial charge in [0, 0.05) is 43.7 Å². The molecular formula is C20H24N4O2S2. The number of nitrogens with zero attached hydrogens (tertiary/aromatic N) is 4. The molecule has 0 bridgehead atoms. The van der Waals surface area contributed by atoms with Gasteiger partial charge in [0.1, 0.15) is 5.82 Å². The van der Waals surface area contributed by atoms with Gasteiger partial charge in [-0.2, -0.15) is 0 Å². The Labute approximate surface area is 172 Å². The van der Waals surface area contributed by atoms with Crippen LogP contribution in [0.15, 0.2) is 40.5 Å². The van der Waals surface area contributed by atoms with Gasteiger partial charge in [-0.25, -0.2) is 4.98 Å². The average Bonchev–Trinajstić information content (AvgIpc) is 3.48. The van der Waals surface area contributed by atoms with Crippen molar-refractivity contribution in [2.24, 2.45) is 0 Å². The molecule has 0 aromatic carbocycles. The van der Waals surface area contributed by atoms with E-state index in [1.807, 2.05) is 40.9 Å². The minimum absolute atomic E-state index is 0.204. The molecule has 1 atom stereocenters. The van der Waals surface area contributed by atoms with E-state index in [9.17, 15) is 4.79 Å². The molecule has 1 aliphatic heterocycles. The Bertz CT molecular complexity index is 903. The van der Waals surface area contributed by atoms with Crippen molar-refractivity contribution in [3.8, 4) is 10.6 Å². The zero-order valence-electron chi connectivity index (χ0n) is 15.9. The number of aromatic nitrogens is 3. The third kappa shape index (κ3) is 4.33. The van der Waals surface area contributed by atoms with Crippen LogP contribution in [0.2, 0.25) is 0 Å². The second kappa shape index (κ2) is 8.96. The summed E-state index contributed by atoms with van der Waals surface area (Å²) in [6, 6.07) is 6.31. The van der Waals surface area contributed by atoms with Crippen LogP contribution < -0.4 is 0 Å². The number of carbonyl (C=O) groups is 1. The lowest BCUT2D eigenvalue weighted by molar-refractivity contribution is -0.129. The molecule has 1 unspecified atom stereocenters. The van der Waals surface area contributed by atoms with Crippen molar-refractivity contribution < 1.29 is 9.32 Å². The van der Waals surface area contributed by atoms with Crippen LogP contribution in [0.4, 0.5) is 0 Å². The summed E-state index contributed by atoms with van der Waals surface area (Å²) >= 11 is 3.23. The smallest absolute Gasteiger partial charge is 0.232 e. The summed E-state index contributed by atoms with van der Waals surface area (Å²) in [6.07, 6.45) is 6.96. The first-order valence-corrected chi connectivity index (χ1v) is 11.6. The predicted molar refractivity (Wildman–Crippen MR) is 112 cm³/mol. The average molecular weight is 417 g/mol. The van der Waals surface area contributed by atoms with Crippen molar-refractivity contribution >= 4 is 29.0 Å². The van der Waals surface area contributed by atoms with Crippen LogP contribution in [-0.2, 0) is 17.0 Å². The number of likely N-dealkylation sites (tertiary alicyclic amines) is 1. The van der Waals surface area contributed by atoms with Gasteiger partial charge in [0.05, 0.1) is 22.4 Å². The van der Waals surface area contributed by atoms with E-state index >= 15 is 0 Å². The van der Waals surface area contributed by atoms with E-state index in [0.717, 1.165) is 54.5 Å². The van der Waals surface area contributed by atoms with E-state index in [1.165, 1.54) is 0 Å². The van der Waals surface area contributed by atoms with Crippen molar-refractivity contribution in [2.45, 2.75) is 38.0 Å². The fourth-order valence-electron chi connectivity index (χ4n) is 3.61. The Morgan fingerprint density at radius 2 is 2.39 bits per heavy atom. The van der Waals surface area contributed by atoms with Crippen molar-refractivity contribution in [3.05, 3.63) is 47.5 Å². The monoisotopic (exact) mass is 416 g/mol.